The van der Waals surface area contributed by atoms with Crippen LogP contribution in [-0.4, -0.2) is 6.71 Å². The van der Waals surface area contributed by atoms with Crippen molar-refractivity contribution in [2.24, 2.45) is 0 Å². The van der Waals surface area contributed by atoms with Gasteiger partial charge in [-0.05, 0) is 174 Å². The van der Waals surface area contributed by atoms with Crippen LogP contribution in [0.25, 0.3) is 11.1 Å². The molecule has 0 aromatic heterocycles. The molecule has 0 atom stereocenters. The fourth-order valence-corrected chi connectivity index (χ4v) is 12.5. The lowest BCUT2D eigenvalue weighted by Gasteiger charge is -2.47. The standard InChI is InChI=1S/C61H71BN2/c1-37-22-23-40(39-20-18-17-19-21-39)29-49(37)63-51-30-41(56(3,4)5)24-25-47(51)62-48-33-44-46(61(15,16)36-60(44,13)14)35-52(48)64(54-32-42(57(6,7)8)31-53(63)55(54)62)50-34-45-43(28-38(50)2)58(9,10)26-27-59(45,11)12/h17-25,28-35H,26-27,36H2,1-16H3. The van der Waals surface area contributed by atoms with Crippen LogP contribution in [0.5, 0.6) is 0 Å². The monoisotopic (exact) mass is 843 g/mol. The lowest BCUT2D eigenvalue weighted by Crippen LogP contribution is -2.62. The van der Waals surface area contributed by atoms with Crippen LogP contribution in [0, 0.1) is 13.8 Å². The zero-order valence-corrected chi connectivity index (χ0v) is 41.9. The van der Waals surface area contributed by atoms with Crippen LogP contribution in [0.3, 0.4) is 0 Å². The summed E-state index contributed by atoms with van der Waals surface area (Å²) in [6.45, 7) is 38.8. The van der Waals surface area contributed by atoms with Gasteiger partial charge in [0.2, 0.25) is 0 Å². The fourth-order valence-electron chi connectivity index (χ4n) is 12.5. The molecule has 2 aliphatic heterocycles. The van der Waals surface area contributed by atoms with Crippen LogP contribution < -0.4 is 26.2 Å². The predicted octanol–water partition coefficient (Wildman–Crippen LogP) is 15.0. The molecule has 0 N–H and O–H groups in total. The molecular formula is C61H71BN2. The molecule has 0 amide bonds. The number of hydrogen-bond acceptors (Lipinski definition) is 2. The van der Waals surface area contributed by atoms with E-state index in [0.717, 1.165) is 6.42 Å². The molecule has 0 unspecified atom stereocenters. The summed E-state index contributed by atoms with van der Waals surface area (Å²) in [5.74, 6) is 0. The van der Waals surface area contributed by atoms with Crippen molar-refractivity contribution in [3.05, 3.63) is 148 Å². The average molecular weight is 843 g/mol. The second-order valence-corrected chi connectivity index (χ2v) is 25.0. The number of anilines is 6. The maximum atomic E-state index is 2.74. The first kappa shape index (κ1) is 42.9. The summed E-state index contributed by atoms with van der Waals surface area (Å²) in [7, 11) is 0. The van der Waals surface area contributed by atoms with Crippen molar-refractivity contribution >= 4 is 57.2 Å². The largest absolute Gasteiger partial charge is 0.311 e. The third kappa shape index (κ3) is 6.48. The summed E-state index contributed by atoms with van der Waals surface area (Å²) < 4.78 is 0. The van der Waals surface area contributed by atoms with Gasteiger partial charge in [-0.2, -0.15) is 0 Å². The van der Waals surface area contributed by atoms with Crippen LogP contribution in [0.2, 0.25) is 0 Å². The molecule has 64 heavy (non-hydrogen) atoms. The summed E-state index contributed by atoms with van der Waals surface area (Å²) in [5, 5.41) is 0. The molecule has 3 heteroatoms. The molecule has 328 valence electrons. The maximum absolute atomic E-state index is 2.74. The minimum Gasteiger partial charge on any atom is -0.311 e. The van der Waals surface area contributed by atoms with Gasteiger partial charge in [-0.1, -0.05) is 164 Å². The van der Waals surface area contributed by atoms with E-state index in [1.165, 1.54) is 119 Å². The Kier molecular flexibility index (Phi) is 9.22. The van der Waals surface area contributed by atoms with Crippen LogP contribution in [-0.2, 0) is 32.5 Å². The molecule has 6 aromatic rings. The number of hydrogen-bond donors (Lipinski definition) is 0. The fraction of sp³-hybridized carbons (Fsp3) is 0.410. The van der Waals surface area contributed by atoms with Gasteiger partial charge in [0.15, 0.2) is 0 Å². The molecule has 2 heterocycles. The Hall–Kier alpha value is -5.02. The summed E-state index contributed by atoms with van der Waals surface area (Å²) in [6, 6.07) is 41.2. The number of rotatable bonds is 3. The van der Waals surface area contributed by atoms with Crippen LogP contribution in [0.4, 0.5) is 34.1 Å². The number of aryl methyl sites for hydroxylation is 2. The molecule has 0 saturated heterocycles. The van der Waals surface area contributed by atoms with Crippen LogP contribution in [0.1, 0.15) is 161 Å². The lowest BCUT2D eigenvalue weighted by molar-refractivity contribution is 0.332. The van der Waals surface area contributed by atoms with Crippen molar-refractivity contribution in [1.82, 2.24) is 0 Å². The third-order valence-electron chi connectivity index (χ3n) is 16.2. The minimum atomic E-state index is -0.103. The number of fused-ring (bicyclic) bond motifs is 6. The summed E-state index contributed by atoms with van der Waals surface area (Å²) in [6.07, 6.45) is 3.52. The molecule has 0 radical (unpaired) electrons. The Morgan fingerprint density at radius 3 is 1.52 bits per heavy atom. The van der Waals surface area contributed by atoms with E-state index in [9.17, 15) is 0 Å². The molecule has 0 spiro atoms. The first-order valence-electron chi connectivity index (χ1n) is 24.2. The van der Waals surface area contributed by atoms with Gasteiger partial charge >= 0.3 is 0 Å². The zero-order chi connectivity index (χ0) is 45.8. The van der Waals surface area contributed by atoms with Gasteiger partial charge < -0.3 is 9.80 Å². The minimum absolute atomic E-state index is 0.0235. The second kappa shape index (κ2) is 13.8. The smallest absolute Gasteiger partial charge is 0.252 e. The van der Waals surface area contributed by atoms with Crippen molar-refractivity contribution in [2.45, 2.75) is 163 Å². The Bertz CT molecular complexity index is 2910. The van der Waals surface area contributed by atoms with Gasteiger partial charge in [0.1, 0.15) is 0 Å². The lowest BCUT2D eigenvalue weighted by atomic mass is 9.33. The molecular weight excluding hydrogens is 771 g/mol. The van der Waals surface area contributed by atoms with Gasteiger partial charge in [-0.25, -0.2) is 0 Å². The van der Waals surface area contributed by atoms with E-state index in [1.54, 1.807) is 0 Å². The molecule has 2 nitrogen and oxygen atoms in total. The normalized spacial score (nSPS) is 18.5. The molecule has 4 aliphatic rings. The van der Waals surface area contributed by atoms with E-state index in [2.05, 4.69) is 224 Å². The quantitative estimate of drug-likeness (QED) is 0.164. The van der Waals surface area contributed by atoms with Gasteiger partial charge in [-0.3, -0.25) is 0 Å². The highest BCUT2D eigenvalue weighted by atomic mass is 15.2. The van der Waals surface area contributed by atoms with Crippen molar-refractivity contribution in [3.63, 3.8) is 0 Å². The molecule has 10 rings (SSSR count). The second-order valence-electron chi connectivity index (χ2n) is 25.0. The molecule has 2 aliphatic carbocycles. The predicted molar refractivity (Wildman–Crippen MR) is 279 cm³/mol. The summed E-state index contributed by atoms with van der Waals surface area (Å²) in [5.41, 5.74) is 26.1. The van der Waals surface area contributed by atoms with Crippen LogP contribution in [0.15, 0.2) is 103 Å². The first-order chi connectivity index (χ1) is 29.8. The molecule has 0 fully saturated rings. The van der Waals surface area contributed by atoms with Crippen molar-refractivity contribution in [3.8, 4) is 11.1 Å². The molecule has 0 bridgehead atoms. The topological polar surface area (TPSA) is 6.48 Å². The number of benzene rings is 6. The van der Waals surface area contributed by atoms with Crippen molar-refractivity contribution < 1.29 is 0 Å². The number of nitrogens with zero attached hydrogens (tertiary/aromatic N) is 2. The van der Waals surface area contributed by atoms with E-state index in [0.29, 0.717) is 0 Å². The third-order valence-corrected chi connectivity index (χ3v) is 16.2. The SMILES string of the molecule is Cc1ccc(-c2ccccc2)cc1N1c2cc(C(C)(C)C)ccc2B2c3cc4c(cc3N(c3cc5c(cc3C)C(C)(C)CCC5(C)C)c3cc(C(C)(C)C)cc1c32)C(C)(C)CC4(C)C. The Labute approximate surface area is 386 Å². The highest BCUT2D eigenvalue weighted by Gasteiger charge is 2.49. The highest BCUT2D eigenvalue weighted by Crippen LogP contribution is 2.55. The van der Waals surface area contributed by atoms with E-state index in [4.69, 9.17) is 0 Å². The average Bonchev–Trinajstić information content (AvgIpc) is 3.40. The maximum Gasteiger partial charge on any atom is 0.252 e. The van der Waals surface area contributed by atoms with Crippen molar-refractivity contribution in [2.75, 3.05) is 9.80 Å². The van der Waals surface area contributed by atoms with Gasteiger partial charge in [0.25, 0.3) is 6.71 Å². The van der Waals surface area contributed by atoms with E-state index >= 15 is 0 Å². The Morgan fingerprint density at radius 2 is 0.922 bits per heavy atom. The first-order valence-corrected chi connectivity index (χ1v) is 24.2. The molecule has 6 aromatic carbocycles. The Morgan fingerprint density at radius 1 is 0.422 bits per heavy atom. The zero-order valence-electron chi connectivity index (χ0n) is 41.9. The van der Waals surface area contributed by atoms with Crippen LogP contribution >= 0.6 is 0 Å². The van der Waals surface area contributed by atoms with Crippen molar-refractivity contribution in [1.29, 1.82) is 0 Å². The Balaban J connectivity index is 1.36. The van der Waals surface area contributed by atoms with E-state index < -0.39 is 0 Å². The van der Waals surface area contributed by atoms with Gasteiger partial charge in [0, 0.05) is 34.1 Å². The summed E-state index contributed by atoms with van der Waals surface area (Å²) in [4.78, 5) is 5.42. The van der Waals surface area contributed by atoms with E-state index in [-0.39, 0.29) is 39.2 Å². The molecule has 0 saturated carbocycles. The highest BCUT2D eigenvalue weighted by molar-refractivity contribution is 7.00. The summed E-state index contributed by atoms with van der Waals surface area (Å²) >= 11 is 0. The van der Waals surface area contributed by atoms with E-state index in [1.807, 2.05) is 0 Å². The van der Waals surface area contributed by atoms with Gasteiger partial charge in [0.05, 0.1) is 0 Å². The van der Waals surface area contributed by atoms with Gasteiger partial charge in [-0.15, -0.1) is 0 Å².